The summed E-state index contributed by atoms with van der Waals surface area (Å²) >= 11 is 0. The van der Waals surface area contributed by atoms with E-state index < -0.39 is 12.8 Å². The molecule has 140 valence electrons. The van der Waals surface area contributed by atoms with Crippen LogP contribution in [0.5, 0.6) is 5.88 Å². The fourth-order valence-electron chi connectivity index (χ4n) is 1.58. The van der Waals surface area contributed by atoms with Crippen molar-refractivity contribution in [2.24, 2.45) is 4.99 Å². The van der Waals surface area contributed by atoms with Crippen molar-refractivity contribution in [2.45, 2.75) is 19.6 Å². The summed E-state index contributed by atoms with van der Waals surface area (Å²) in [4.78, 5) is 21.1. The van der Waals surface area contributed by atoms with E-state index >= 15 is 0 Å². The number of hydrogen-bond acceptors (Lipinski definition) is 4. The lowest BCUT2D eigenvalue weighted by atomic mass is 10.3. The molecule has 1 heterocycles. The SMILES string of the molecule is CCNC(=NCc1ccc(OCC(F)(F)F)nc1)NCC(=O)N(C)C. The van der Waals surface area contributed by atoms with Gasteiger partial charge in [0.2, 0.25) is 11.8 Å². The van der Waals surface area contributed by atoms with Crippen LogP contribution < -0.4 is 15.4 Å². The summed E-state index contributed by atoms with van der Waals surface area (Å²) in [5.41, 5.74) is 0.690. The van der Waals surface area contributed by atoms with Crippen LogP contribution in [0.25, 0.3) is 0 Å². The largest absolute Gasteiger partial charge is 0.468 e. The van der Waals surface area contributed by atoms with Gasteiger partial charge in [-0.2, -0.15) is 13.2 Å². The number of nitrogens with zero attached hydrogens (tertiary/aromatic N) is 3. The van der Waals surface area contributed by atoms with Crippen LogP contribution in [0, 0.1) is 0 Å². The minimum Gasteiger partial charge on any atom is -0.468 e. The Labute approximate surface area is 144 Å². The summed E-state index contributed by atoms with van der Waals surface area (Å²) in [7, 11) is 3.31. The summed E-state index contributed by atoms with van der Waals surface area (Å²) in [6.07, 6.45) is -3.01. The van der Waals surface area contributed by atoms with Crippen LogP contribution in [0.1, 0.15) is 12.5 Å². The average molecular weight is 361 g/mol. The summed E-state index contributed by atoms with van der Waals surface area (Å²) in [6.45, 7) is 1.47. The van der Waals surface area contributed by atoms with Crippen LogP contribution in [-0.2, 0) is 11.3 Å². The highest BCUT2D eigenvalue weighted by Crippen LogP contribution is 2.17. The van der Waals surface area contributed by atoms with Gasteiger partial charge in [0.15, 0.2) is 12.6 Å². The van der Waals surface area contributed by atoms with Gasteiger partial charge < -0.3 is 20.3 Å². The third-order valence-corrected chi connectivity index (χ3v) is 2.85. The number of amides is 1. The number of pyridine rings is 1. The van der Waals surface area contributed by atoms with E-state index in [2.05, 4.69) is 25.3 Å². The van der Waals surface area contributed by atoms with Gasteiger partial charge in [-0.05, 0) is 12.5 Å². The normalized spacial score (nSPS) is 11.8. The van der Waals surface area contributed by atoms with Crippen LogP contribution in [0.15, 0.2) is 23.3 Å². The molecule has 0 unspecified atom stereocenters. The Morgan fingerprint density at radius 1 is 1.32 bits per heavy atom. The van der Waals surface area contributed by atoms with Gasteiger partial charge in [-0.15, -0.1) is 0 Å². The zero-order chi connectivity index (χ0) is 18.9. The van der Waals surface area contributed by atoms with Crippen LogP contribution in [0.2, 0.25) is 0 Å². The van der Waals surface area contributed by atoms with E-state index in [9.17, 15) is 18.0 Å². The number of carbonyl (C=O) groups excluding carboxylic acids is 1. The minimum absolute atomic E-state index is 0.0985. The third kappa shape index (κ3) is 8.77. The Hall–Kier alpha value is -2.52. The zero-order valence-corrected chi connectivity index (χ0v) is 14.4. The molecular formula is C15H22F3N5O2. The first-order valence-electron chi connectivity index (χ1n) is 7.58. The average Bonchev–Trinajstić information content (AvgIpc) is 2.55. The van der Waals surface area contributed by atoms with Crippen molar-refractivity contribution in [1.82, 2.24) is 20.5 Å². The second-order valence-electron chi connectivity index (χ2n) is 5.25. The van der Waals surface area contributed by atoms with Gasteiger partial charge in [0.1, 0.15) is 0 Å². The first kappa shape index (κ1) is 20.5. The fraction of sp³-hybridized carbons (Fsp3) is 0.533. The molecule has 2 N–H and O–H groups in total. The molecule has 1 rings (SSSR count). The molecule has 0 saturated heterocycles. The molecule has 0 saturated carbocycles. The first-order chi connectivity index (χ1) is 11.7. The van der Waals surface area contributed by atoms with Crippen molar-refractivity contribution >= 4 is 11.9 Å². The van der Waals surface area contributed by atoms with E-state index in [-0.39, 0.29) is 24.9 Å². The smallest absolute Gasteiger partial charge is 0.422 e. The van der Waals surface area contributed by atoms with Gasteiger partial charge in [0.05, 0.1) is 13.1 Å². The molecular weight excluding hydrogens is 339 g/mol. The number of alkyl halides is 3. The van der Waals surface area contributed by atoms with E-state index in [4.69, 9.17) is 0 Å². The quantitative estimate of drug-likeness (QED) is 0.563. The van der Waals surface area contributed by atoms with Crippen LogP contribution in [-0.4, -0.2) is 61.7 Å². The molecule has 1 aromatic heterocycles. The highest BCUT2D eigenvalue weighted by Gasteiger charge is 2.28. The Bertz CT molecular complexity index is 574. The van der Waals surface area contributed by atoms with Crippen molar-refractivity contribution < 1.29 is 22.7 Å². The topological polar surface area (TPSA) is 78.9 Å². The van der Waals surface area contributed by atoms with Gasteiger partial charge in [0.25, 0.3) is 0 Å². The summed E-state index contributed by atoms with van der Waals surface area (Å²) < 4.78 is 40.7. The van der Waals surface area contributed by atoms with Gasteiger partial charge in [-0.3, -0.25) is 4.79 Å². The number of ether oxygens (including phenoxy) is 1. The maximum atomic E-state index is 12.1. The van der Waals surface area contributed by atoms with Crippen molar-refractivity contribution in [3.63, 3.8) is 0 Å². The standard InChI is InChI=1S/C15H22F3N5O2/c1-4-19-14(22-9-13(24)23(2)3)21-8-11-5-6-12(20-7-11)25-10-15(16,17)18/h5-7H,4,8-10H2,1-3H3,(H2,19,21,22). The van der Waals surface area contributed by atoms with Gasteiger partial charge in [-0.25, -0.2) is 9.98 Å². The van der Waals surface area contributed by atoms with Crippen molar-refractivity contribution in [2.75, 3.05) is 33.8 Å². The maximum Gasteiger partial charge on any atom is 0.422 e. The monoisotopic (exact) mass is 361 g/mol. The number of hydrogen-bond donors (Lipinski definition) is 2. The third-order valence-electron chi connectivity index (χ3n) is 2.85. The van der Waals surface area contributed by atoms with Crippen LogP contribution >= 0.6 is 0 Å². The van der Waals surface area contributed by atoms with E-state index in [0.29, 0.717) is 18.1 Å². The molecule has 1 amide bonds. The lowest BCUT2D eigenvalue weighted by Crippen LogP contribution is -2.42. The lowest BCUT2D eigenvalue weighted by Gasteiger charge is -2.14. The van der Waals surface area contributed by atoms with E-state index in [1.54, 1.807) is 20.2 Å². The highest BCUT2D eigenvalue weighted by molar-refractivity contribution is 5.86. The molecule has 0 aliphatic heterocycles. The van der Waals surface area contributed by atoms with Gasteiger partial charge >= 0.3 is 6.18 Å². The van der Waals surface area contributed by atoms with E-state index in [1.165, 1.54) is 17.2 Å². The molecule has 10 heteroatoms. The summed E-state index contributed by atoms with van der Waals surface area (Å²) in [5, 5.41) is 5.89. The van der Waals surface area contributed by atoms with Gasteiger partial charge in [-0.1, -0.05) is 6.07 Å². The molecule has 0 radical (unpaired) electrons. The Morgan fingerprint density at radius 3 is 2.56 bits per heavy atom. The van der Waals surface area contributed by atoms with E-state index in [1.807, 2.05) is 6.92 Å². The molecule has 0 fully saturated rings. The molecule has 0 aromatic carbocycles. The summed E-state index contributed by atoms with van der Waals surface area (Å²) in [6, 6.07) is 2.93. The second-order valence-corrected chi connectivity index (χ2v) is 5.25. The molecule has 1 aromatic rings. The number of likely N-dealkylation sites (N-methyl/N-ethyl adjacent to an activating group) is 1. The van der Waals surface area contributed by atoms with Crippen molar-refractivity contribution in [3.8, 4) is 5.88 Å². The molecule has 0 aliphatic carbocycles. The van der Waals surface area contributed by atoms with Crippen molar-refractivity contribution in [3.05, 3.63) is 23.9 Å². The predicted molar refractivity (Wildman–Crippen MR) is 87.3 cm³/mol. The zero-order valence-electron chi connectivity index (χ0n) is 14.4. The number of nitrogens with one attached hydrogen (secondary N) is 2. The molecule has 0 atom stereocenters. The highest BCUT2D eigenvalue weighted by atomic mass is 19.4. The lowest BCUT2D eigenvalue weighted by molar-refractivity contribution is -0.154. The maximum absolute atomic E-state index is 12.1. The summed E-state index contributed by atoms with van der Waals surface area (Å²) in [5.74, 6) is 0.250. The Balaban J connectivity index is 2.59. The number of halogens is 3. The fourth-order valence-corrected chi connectivity index (χ4v) is 1.58. The number of rotatable bonds is 7. The Kier molecular flexibility index (Phi) is 7.96. The number of aromatic nitrogens is 1. The predicted octanol–water partition coefficient (Wildman–Crippen LogP) is 1.17. The van der Waals surface area contributed by atoms with Crippen LogP contribution in [0.4, 0.5) is 13.2 Å². The molecule has 0 bridgehead atoms. The number of guanidine groups is 1. The number of carbonyl (C=O) groups is 1. The second kappa shape index (κ2) is 9.70. The molecule has 0 spiro atoms. The minimum atomic E-state index is -4.40. The number of aliphatic imine (C=N–C) groups is 1. The van der Waals surface area contributed by atoms with E-state index in [0.717, 1.165) is 0 Å². The molecule has 7 nitrogen and oxygen atoms in total. The molecule has 25 heavy (non-hydrogen) atoms. The Morgan fingerprint density at radius 2 is 2.04 bits per heavy atom. The van der Waals surface area contributed by atoms with Gasteiger partial charge in [0, 0.05) is 32.9 Å². The van der Waals surface area contributed by atoms with Crippen LogP contribution in [0.3, 0.4) is 0 Å². The first-order valence-corrected chi connectivity index (χ1v) is 7.58. The van der Waals surface area contributed by atoms with Crippen molar-refractivity contribution in [1.29, 1.82) is 0 Å². The molecule has 0 aliphatic rings.